The highest BCUT2D eigenvalue weighted by Crippen LogP contribution is 2.03. The van der Waals surface area contributed by atoms with Crippen LogP contribution >= 0.6 is 0 Å². The Kier molecular flexibility index (Phi) is 6.28. The van der Waals surface area contributed by atoms with Gasteiger partial charge in [-0.15, -0.1) is 0 Å². The fraction of sp³-hybridized carbons (Fsp3) is 0.385. The number of rotatable bonds is 7. The molecule has 1 aromatic heterocycles. The van der Waals surface area contributed by atoms with Crippen LogP contribution in [-0.2, 0) is 9.53 Å². The zero-order valence-electron chi connectivity index (χ0n) is 11.8. The molecule has 0 radical (unpaired) electrons. The van der Waals surface area contributed by atoms with Crippen molar-refractivity contribution in [1.82, 2.24) is 15.2 Å². The van der Waals surface area contributed by atoms with Crippen LogP contribution in [0.4, 0.5) is 0 Å². The number of nitrogens with one attached hydrogen (secondary N) is 1. The van der Waals surface area contributed by atoms with E-state index in [1.165, 1.54) is 32.4 Å². The number of ether oxygens (including phenoxy) is 1. The summed E-state index contributed by atoms with van der Waals surface area (Å²) in [6, 6.07) is 4.11. The molecule has 0 spiro atoms. The summed E-state index contributed by atoms with van der Waals surface area (Å²) in [5.41, 5.74) is -0.249. The smallest absolute Gasteiger partial charge is 0.354 e. The first-order valence-corrected chi connectivity index (χ1v) is 6.17. The molecule has 1 rings (SSSR count). The third-order valence-corrected chi connectivity index (χ3v) is 2.54. The maximum Gasteiger partial charge on any atom is 0.354 e. The summed E-state index contributed by atoms with van der Waals surface area (Å²) in [7, 11) is 2.95. The molecular formula is C13H17N3O5. The van der Waals surface area contributed by atoms with Crippen molar-refractivity contribution in [3.63, 3.8) is 0 Å². The van der Waals surface area contributed by atoms with Gasteiger partial charge in [-0.05, 0) is 12.1 Å². The van der Waals surface area contributed by atoms with E-state index in [2.05, 4.69) is 10.3 Å². The van der Waals surface area contributed by atoms with Gasteiger partial charge in [-0.25, -0.2) is 9.78 Å². The van der Waals surface area contributed by atoms with E-state index in [0.29, 0.717) is 13.2 Å². The molecule has 2 N–H and O–H groups in total. The molecule has 8 heteroatoms. The van der Waals surface area contributed by atoms with Crippen molar-refractivity contribution in [3.05, 3.63) is 29.6 Å². The van der Waals surface area contributed by atoms with E-state index in [1.54, 1.807) is 0 Å². The molecule has 0 aromatic carbocycles. The van der Waals surface area contributed by atoms with Crippen LogP contribution < -0.4 is 5.32 Å². The molecule has 0 aliphatic carbocycles. The molecule has 2 amide bonds. The standard InChI is InChI=1S/C13H17N3O5/c1-16(8-11(17)14-6-7-21-2)12(18)9-4-3-5-10(15-9)13(19)20/h3-5H,6-8H2,1-2H3,(H,14,17)(H,19,20). The SMILES string of the molecule is COCCNC(=O)CN(C)C(=O)c1cccc(C(=O)O)n1. The molecule has 0 atom stereocenters. The van der Waals surface area contributed by atoms with Crippen LogP contribution in [0.15, 0.2) is 18.2 Å². The predicted octanol–water partition coefficient (Wildman–Crippen LogP) is -0.386. The molecule has 21 heavy (non-hydrogen) atoms. The molecule has 114 valence electrons. The van der Waals surface area contributed by atoms with Crippen LogP contribution in [0.5, 0.6) is 0 Å². The zero-order valence-corrected chi connectivity index (χ0v) is 11.8. The maximum absolute atomic E-state index is 12.1. The molecule has 0 aliphatic heterocycles. The van der Waals surface area contributed by atoms with Gasteiger partial charge in [-0.2, -0.15) is 0 Å². The number of nitrogens with zero attached hydrogens (tertiary/aromatic N) is 2. The lowest BCUT2D eigenvalue weighted by molar-refractivity contribution is -0.121. The number of pyridine rings is 1. The highest BCUT2D eigenvalue weighted by atomic mass is 16.5. The number of carbonyl (C=O) groups excluding carboxylic acids is 2. The summed E-state index contributed by atoms with van der Waals surface area (Å²) in [6.07, 6.45) is 0. The average molecular weight is 295 g/mol. The Morgan fingerprint density at radius 2 is 2.00 bits per heavy atom. The Balaban J connectivity index is 2.63. The Hall–Kier alpha value is -2.48. The number of likely N-dealkylation sites (N-methyl/N-ethyl adjacent to an activating group) is 1. The second-order valence-electron chi connectivity index (χ2n) is 4.22. The van der Waals surface area contributed by atoms with Gasteiger partial charge in [0.1, 0.15) is 11.4 Å². The van der Waals surface area contributed by atoms with Crippen molar-refractivity contribution in [2.75, 3.05) is 33.9 Å². The maximum atomic E-state index is 12.1. The van der Waals surface area contributed by atoms with Gasteiger partial charge in [0.15, 0.2) is 0 Å². The second-order valence-corrected chi connectivity index (χ2v) is 4.22. The highest BCUT2D eigenvalue weighted by molar-refractivity contribution is 5.96. The van der Waals surface area contributed by atoms with Gasteiger partial charge >= 0.3 is 5.97 Å². The number of hydrogen-bond acceptors (Lipinski definition) is 5. The first-order chi connectivity index (χ1) is 9.95. The van der Waals surface area contributed by atoms with Crippen LogP contribution in [0.3, 0.4) is 0 Å². The molecule has 1 aromatic rings. The van der Waals surface area contributed by atoms with E-state index >= 15 is 0 Å². The van der Waals surface area contributed by atoms with Crippen molar-refractivity contribution < 1.29 is 24.2 Å². The quantitative estimate of drug-likeness (QED) is 0.663. The largest absolute Gasteiger partial charge is 0.477 e. The molecule has 0 fully saturated rings. The predicted molar refractivity (Wildman–Crippen MR) is 73.0 cm³/mol. The van der Waals surface area contributed by atoms with Crippen molar-refractivity contribution in [3.8, 4) is 0 Å². The Morgan fingerprint density at radius 3 is 2.62 bits per heavy atom. The van der Waals surface area contributed by atoms with Gasteiger partial charge in [0, 0.05) is 20.7 Å². The lowest BCUT2D eigenvalue weighted by atomic mass is 10.2. The first kappa shape index (κ1) is 16.6. The van der Waals surface area contributed by atoms with Crippen LogP contribution in [0.25, 0.3) is 0 Å². The number of carboxylic acids is 1. The summed E-state index contributed by atoms with van der Waals surface area (Å²) in [4.78, 5) is 39.3. The lowest BCUT2D eigenvalue weighted by Crippen LogP contribution is -2.39. The molecular weight excluding hydrogens is 278 g/mol. The topological polar surface area (TPSA) is 109 Å². The van der Waals surface area contributed by atoms with Crippen molar-refractivity contribution >= 4 is 17.8 Å². The van der Waals surface area contributed by atoms with E-state index in [0.717, 1.165) is 4.90 Å². The van der Waals surface area contributed by atoms with E-state index in [9.17, 15) is 14.4 Å². The number of carbonyl (C=O) groups is 3. The van der Waals surface area contributed by atoms with Gasteiger partial charge in [0.2, 0.25) is 5.91 Å². The fourth-order valence-corrected chi connectivity index (χ4v) is 1.50. The number of aromatic nitrogens is 1. The average Bonchev–Trinajstić information content (AvgIpc) is 2.46. The summed E-state index contributed by atoms with van der Waals surface area (Å²) >= 11 is 0. The van der Waals surface area contributed by atoms with Crippen molar-refractivity contribution in [2.24, 2.45) is 0 Å². The van der Waals surface area contributed by atoms with Crippen LogP contribution in [0.1, 0.15) is 21.0 Å². The third kappa shape index (κ3) is 5.19. The summed E-state index contributed by atoms with van der Waals surface area (Å²) < 4.78 is 4.79. The van der Waals surface area contributed by atoms with Crippen molar-refractivity contribution in [1.29, 1.82) is 0 Å². The molecule has 0 saturated carbocycles. The van der Waals surface area contributed by atoms with E-state index < -0.39 is 11.9 Å². The van der Waals surface area contributed by atoms with E-state index in [-0.39, 0.29) is 23.8 Å². The first-order valence-electron chi connectivity index (χ1n) is 6.17. The van der Waals surface area contributed by atoms with Crippen LogP contribution in [-0.4, -0.2) is 66.6 Å². The lowest BCUT2D eigenvalue weighted by Gasteiger charge is -2.16. The summed E-state index contributed by atoms with van der Waals surface area (Å²) in [5, 5.41) is 11.4. The second kappa shape index (κ2) is 7.95. The minimum absolute atomic E-state index is 0.0258. The van der Waals surface area contributed by atoms with E-state index in [1.807, 2.05) is 0 Å². The van der Waals surface area contributed by atoms with E-state index in [4.69, 9.17) is 9.84 Å². The summed E-state index contributed by atoms with van der Waals surface area (Å²) in [5.74, 6) is -2.08. The Bertz CT molecular complexity index is 532. The molecule has 1 heterocycles. The van der Waals surface area contributed by atoms with Gasteiger partial charge < -0.3 is 20.1 Å². The minimum atomic E-state index is -1.22. The normalized spacial score (nSPS) is 10.0. The minimum Gasteiger partial charge on any atom is -0.477 e. The number of hydrogen-bond donors (Lipinski definition) is 2. The van der Waals surface area contributed by atoms with Gasteiger partial charge in [-0.3, -0.25) is 9.59 Å². The number of amides is 2. The fourth-order valence-electron chi connectivity index (χ4n) is 1.50. The number of carboxylic acid groups (broad SMARTS) is 1. The molecule has 0 bridgehead atoms. The number of methoxy groups -OCH3 is 1. The van der Waals surface area contributed by atoms with Gasteiger partial charge in [0.05, 0.1) is 13.2 Å². The molecule has 0 saturated heterocycles. The monoisotopic (exact) mass is 295 g/mol. The van der Waals surface area contributed by atoms with Crippen LogP contribution in [0.2, 0.25) is 0 Å². The van der Waals surface area contributed by atoms with Gasteiger partial charge in [-0.1, -0.05) is 6.07 Å². The Labute approximate surface area is 121 Å². The highest BCUT2D eigenvalue weighted by Gasteiger charge is 2.17. The van der Waals surface area contributed by atoms with Gasteiger partial charge in [0.25, 0.3) is 5.91 Å². The zero-order chi connectivity index (χ0) is 15.8. The molecule has 0 aliphatic rings. The molecule has 0 unspecified atom stereocenters. The van der Waals surface area contributed by atoms with Crippen molar-refractivity contribution in [2.45, 2.75) is 0 Å². The summed E-state index contributed by atoms with van der Waals surface area (Å²) in [6.45, 7) is 0.581. The molecule has 8 nitrogen and oxygen atoms in total. The van der Waals surface area contributed by atoms with Crippen LogP contribution in [0, 0.1) is 0 Å². The Morgan fingerprint density at radius 1 is 1.33 bits per heavy atom. The third-order valence-electron chi connectivity index (χ3n) is 2.54. The number of aromatic carboxylic acids is 1.